The molecule has 0 aliphatic carbocycles. The number of aliphatic hydroxyl groups excluding tert-OH is 1. The van der Waals surface area contributed by atoms with Gasteiger partial charge in [-0.25, -0.2) is 4.98 Å². The lowest BCUT2D eigenvalue weighted by Crippen LogP contribution is -2.26. The fourth-order valence-electron chi connectivity index (χ4n) is 2.27. The summed E-state index contributed by atoms with van der Waals surface area (Å²) in [5.74, 6) is 1.52. The number of aryl methyl sites for hydroxylation is 1. The molecule has 3 heterocycles. The van der Waals surface area contributed by atoms with E-state index >= 15 is 0 Å². The van der Waals surface area contributed by atoms with Gasteiger partial charge in [-0.1, -0.05) is 6.07 Å². The van der Waals surface area contributed by atoms with Gasteiger partial charge in [-0.3, -0.25) is 4.90 Å². The van der Waals surface area contributed by atoms with E-state index in [0.29, 0.717) is 19.0 Å². The molecule has 3 aromatic heterocycles. The first-order valence-corrected chi connectivity index (χ1v) is 8.93. The highest BCUT2D eigenvalue weighted by molar-refractivity contribution is 7.09. The molecule has 3 aromatic rings. The van der Waals surface area contributed by atoms with E-state index in [0.717, 1.165) is 23.6 Å². The van der Waals surface area contributed by atoms with Crippen molar-refractivity contribution in [3.8, 4) is 11.5 Å². The van der Waals surface area contributed by atoms with E-state index in [1.54, 1.807) is 22.7 Å². The van der Waals surface area contributed by atoms with Crippen molar-refractivity contribution < 1.29 is 9.52 Å². The summed E-state index contributed by atoms with van der Waals surface area (Å²) in [6, 6.07) is 6.17. The van der Waals surface area contributed by atoms with Gasteiger partial charge in [0.15, 0.2) is 0 Å². The van der Waals surface area contributed by atoms with Gasteiger partial charge < -0.3 is 9.52 Å². The number of aliphatic hydroxyl groups is 1. The molecule has 0 atom stereocenters. The average Bonchev–Trinajstić information content (AvgIpc) is 3.22. The van der Waals surface area contributed by atoms with Crippen LogP contribution in [0.1, 0.15) is 16.3 Å². The minimum atomic E-state index is 0.139. The number of oxazole rings is 1. The van der Waals surface area contributed by atoms with E-state index in [2.05, 4.69) is 21.3 Å². The van der Waals surface area contributed by atoms with Gasteiger partial charge in [0.05, 0.1) is 12.3 Å². The van der Waals surface area contributed by atoms with Crippen molar-refractivity contribution >= 4 is 22.7 Å². The lowest BCUT2D eigenvalue weighted by molar-refractivity contribution is 0.183. The third-order valence-electron chi connectivity index (χ3n) is 3.41. The fraction of sp³-hybridized carbons (Fsp3) is 0.312. The second kappa shape index (κ2) is 7.19. The molecule has 0 fully saturated rings. The Labute approximate surface area is 137 Å². The smallest absolute Gasteiger partial charge is 0.227 e. The van der Waals surface area contributed by atoms with Gasteiger partial charge in [0.2, 0.25) is 5.89 Å². The molecule has 0 aliphatic rings. The predicted molar refractivity (Wildman–Crippen MR) is 90.1 cm³/mol. The maximum Gasteiger partial charge on any atom is 0.227 e. The normalized spacial score (nSPS) is 11.4. The third-order valence-corrected chi connectivity index (χ3v) is 4.95. The van der Waals surface area contributed by atoms with Gasteiger partial charge in [0.1, 0.15) is 5.76 Å². The van der Waals surface area contributed by atoms with Gasteiger partial charge in [0.25, 0.3) is 0 Å². The molecule has 1 N–H and O–H groups in total. The number of hydrogen-bond donors (Lipinski definition) is 1. The number of rotatable bonds is 7. The maximum atomic E-state index is 9.29. The standard InChI is InChI=1S/C16H18N2O2S2/c1-12-15(17-16(20-12)13-4-8-21-11-13)10-18(5-6-19)9-14-3-2-7-22-14/h2-4,7-8,11,19H,5-6,9-10H2,1H3. The Kier molecular flexibility index (Phi) is 5.04. The Morgan fingerprint density at radius 1 is 1.27 bits per heavy atom. The fourth-order valence-corrected chi connectivity index (χ4v) is 3.65. The minimum absolute atomic E-state index is 0.139. The molecule has 0 aliphatic heterocycles. The SMILES string of the molecule is Cc1oc(-c2ccsc2)nc1CN(CCO)Cc1cccs1. The quantitative estimate of drug-likeness (QED) is 0.714. The summed E-state index contributed by atoms with van der Waals surface area (Å²) >= 11 is 3.36. The Balaban J connectivity index is 1.74. The first kappa shape index (κ1) is 15.4. The highest BCUT2D eigenvalue weighted by Gasteiger charge is 2.15. The van der Waals surface area contributed by atoms with Gasteiger partial charge in [-0.15, -0.1) is 11.3 Å². The Hall–Kier alpha value is -1.47. The van der Waals surface area contributed by atoms with Crippen LogP contribution in [-0.4, -0.2) is 28.1 Å². The van der Waals surface area contributed by atoms with Gasteiger partial charge >= 0.3 is 0 Å². The topological polar surface area (TPSA) is 49.5 Å². The molecule has 22 heavy (non-hydrogen) atoms. The summed E-state index contributed by atoms with van der Waals surface area (Å²) in [5.41, 5.74) is 1.96. The molecule has 0 saturated heterocycles. The lowest BCUT2D eigenvalue weighted by Gasteiger charge is -2.19. The summed E-state index contributed by atoms with van der Waals surface area (Å²) in [6.45, 7) is 4.20. The zero-order valence-electron chi connectivity index (χ0n) is 12.4. The average molecular weight is 334 g/mol. The van der Waals surface area contributed by atoms with Gasteiger partial charge in [-0.2, -0.15) is 11.3 Å². The summed E-state index contributed by atoms with van der Waals surface area (Å²) < 4.78 is 5.78. The van der Waals surface area contributed by atoms with Crippen LogP contribution in [-0.2, 0) is 13.1 Å². The van der Waals surface area contributed by atoms with E-state index in [1.807, 2.05) is 29.8 Å². The van der Waals surface area contributed by atoms with Crippen molar-refractivity contribution in [1.82, 2.24) is 9.88 Å². The molecule has 6 heteroatoms. The van der Waals surface area contributed by atoms with E-state index < -0.39 is 0 Å². The molecule has 0 bridgehead atoms. The van der Waals surface area contributed by atoms with Crippen molar-refractivity contribution in [2.75, 3.05) is 13.2 Å². The largest absolute Gasteiger partial charge is 0.441 e. The molecule has 0 aromatic carbocycles. The zero-order chi connectivity index (χ0) is 15.4. The Bertz CT molecular complexity index is 690. The van der Waals surface area contributed by atoms with Crippen molar-refractivity contribution in [3.05, 3.63) is 50.7 Å². The van der Waals surface area contributed by atoms with Crippen molar-refractivity contribution in [2.24, 2.45) is 0 Å². The highest BCUT2D eigenvalue weighted by Crippen LogP contribution is 2.25. The molecule has 3 rings (SSSR count). The first-order chi connectivity index (χ1) is 10.8. The van der Waals surface area contributed by atoms with Crippen LogP contribution >= 0.6 is 22.7 Å². The molecular weight excluding hydrogens is 316 g/mol. The minimum Gasteiger partial charge on any atom is -0.441 e. The summed E-state index contributed by atoms with van der Waals surface area (Å²) in [7, 11) is 0. The molecule has 4 nitrogen and oxygen atoms in total. The van der Waals surface area contributed by atoms with Crippen molar-refractivity contribution in [3.63, 3.8) is 0 Å². The second-order valence-electron chi connectivity index (χ2n) is 5.05. The Morgan fingerprint density at radius 2 is 2.18 bits per heavy atom. The molecule has 0 spiro atoms. The van der Waals surface area contributed by atoms with Crippen LogP contribution in [0.25, 0.3) is 11.5 Å². The molecule has 0 unspecified atom stereocenters. The first-order valence-electron chi connectivity index (χ1n) is 7.10. The van der Waals surface area contributed by atoms with Crippen LogP contribution in [0.3, 0.4) is 0 Å². The van der Waals surface area contributed by atoms with Gasteiger partial charge in [0, 0.05) is 35.5 Å². The van der Waals surface area contributed by atoms with Crippen LogP contribution in [0, 0.1) is 6.92 Å². The number of hydrogen-bond acceptors (Lipinski definition) is 6. The van der Waals surface area contributed by atoms with Crippen LogP contribution in [0.5, 0.6) is 0 Å². The molecule has 0 radical (unpaired) electrons. The third kappa shape index (κ3) is 3.64. The van der Waals surface area contributed by atoms with Crippen LogP contribution in [0.2, 0.25) is 0 Å². The Morgan fingerprint density at radius 3 is 2.86 bits per heavy atom. The number of thiophene rings is 2. The van der Waals surface area contributed by atoms with Crippen LogP contribution < -0.4 is 0 Å². The maximum absolute atomic E-state index is 9.29. The summed E-state index contributed by atoms with van der Waals surface area (Å²) in [4.78, 5) is 8.10. The van der Waals surface area contributed by atoms with E-state index in [9.17, 15) is 5.11 Å². The van der Waals surface area contributed by atoms with Gasteiger partial charge in [-0.05, 0) is 29.8 Å². The zero-order valence-corrected chi connectivity index (χ0v) is 14.0. The van der Waals surface area contributed by atoms with Crippen molar-refractivity contribution in [2.45, 2.75) is 20.0 Å². The molecule has 116 valence electrons. The van der Waals surface area contributed by atoms with Crippen LogP contribution in [0.15, 0.2) is 38.8 Å². The van der Waals surface area contributed by atoms with E-state index in [1.165, 1.54) is 4.88 Å². The summed E-state index contributed by atoms with van der Waals surface area (Å²) in [6.07, 6.45) is 0. The number of nitrogens with zero attached hydrogens (tertiary/aromatic N) is 2. The molecular formula is C16H18N2O2S2. The number of aromatic nitrogens is 1. The van der Waals surface area contributed by atoms with E-state index in [-0.39, 0.29) is 6.61 Å². The monoisotopic (exact) mass is 334 g/mol. The van der Waals surface area contributed by atoms with Crippen molar-refractivity contribution in [1.29, 1.82) is 0 Å². The molecule has 0 saturated carbocycles. The van der Waals surface area contributed by atoms with Crippen LogP contribution in [0.4, 0.5) is 0 Å². The summed E-state index contributed by atoms with van der Waals surface area (Å²) in [5, 5.41) is 15.4. The molecule has 0 amide bonds. The predicted octanol–water partition coefficient (Wildman–Crippen LogP) is 3.77. The van der Waals surface area contributed by atoms with E-state index in [4.69, 9.17) is 4.42 Å². The second-order valence-corrected chi connectivity index (χ2v) is 6.86. The lowest BCUT2D eigenvalue weighted by atomic mass is 10.3. The highest BCUT2D eigenvalue weighted by atomic mass is 32.1.